The number of anilines is 2. The fourth-order valence-corrected chi connectivity index (χ4v) is 7.96. The first kappa shape index (κ1) is 37.6. The van der Waals surface area contributed by atoms with Crippen LogP contribution < -0.4 is 22.3 Å². The van der Waals surface area contributed by atoms with Crippen LogP contribution in [-0.2, 0) is 11.3 Å². The fourth-order valence-electron chi connectivity index (χ4n) is 7.96. The van der Waals surface area contributed by atoms with Crippen LogP contribution in [0.25, 0.3) is 90.9 Å². The average molecular weight is 815 g/mol. The van der Waals surface area contributed by atoms with E-state index in [2.05, 4.69) is 69.9 Å². The van der Waals surface area contributed by atoms with Gasteiger partial charge >= 0.3 is 5.69 Å². The maximum absolute atomic E-state index is 13.9. The lowest BCUT2D eigenvalue weighted by Gasteiger charge is -2.09. The van der Waals surface area contributed by atoms with Gasteiger partial charge in [-0.1, -0.05) is 84.9 Å². The zero-order valence-electron chi connectivity index (χ0n) is 32.8. The summed E-state index contributed by atoms with van der Waals surface area (Å²) >= 11 is 0. The summed E-state index contributed by atoms with van der Waals surface area (Å²) in [7, 11) is 0. The van der Waals surface area contributed by atoms with Crippen molar-refractivity contribution in [3.63, 3.8) is 0 Å². The van der Waals surface area contributed by atoms with Gasteiger partial charge in [-0.3, -0.25) is 19.1 Å². The third kappa shape index (κ3) is 7.11. The monoisotopic (exact) mass is 814 g/mol. The summed E-state index contributed by atoms with van der Waals surface area (Å²) in [4.78, 5) is 56.6. The van der Waals surface area contributed by atoms with Crippen molar-refractivity contribution in [2.45, 2.75) is 6.54 Å². The second-order valence-corrected chi connectivity index (χ2v) is 14.8. The molecule has 2 aliphatic rings. The average Bonchev–Trinajstić information content (AvgIpc) is 4.13. The molecule has 0 saturated carbocycles. The molecule has 8 bridgehead atoms. The predicted octanol–water partition coefficient (Wildman–Crippen LogP) is 9.53. The number of halogens is 1. The Morgan fingerprint density at radius 3 is 1.39 bits per heavy atom. The van der Waals surface area contributed by atoms with E-state index >= 15 is 0 Å². The molecule has 2 aliphatic heterocycles. The van der Waals surface area contributed by atoms with Crippen LogP contribution in [0.1, 0.15) is 22.8 Å². The molecule has 4 aromatic carbocycles. The van der Waals surface area contributed by atoms with Crippen LogP contribution in [0.15, 0.2) is 149 Å². The molecule has 6 heterocycles. The molecular weight excluding hydrogens is 780 g/mol. The first-order valence-corrected chi connectivity index (χ1v) is 19.8. The van der Waals surface area contributed by atoms with Gasteiger partial charge in [-0.05, 0) is 95.1 Å². The van der Waals surface area contributed by atoms with Crippen LogP contribution >= 0.6 is 0 Å². The third-order valence-corrected chi connectivity index (χ3v) is 10.8. The fraction of sp³-hybridized carbons (Fsp3) is 0.0200. The lowest BCUT2D eigenvalue weighted by Crippen LogP contribution is -2.34. The molecule has 0 fully saturated rings. The molecule has 0 atom stereocenters. The first-order valence-electron chi connectivity index (χ1n) is 19.8. The van der Waals surface area contributed by atoms with Gasteiger partial charge in [-0.2, -0.15) is 4.39 Å². The van der Waals surface area contributed by atoms with E-state index < -0.39 is 29.5 Å². The number of rotatable bonds is 7. The third-order valence-electron chi connectivity index (χ3n) is 10.8. The molecule has 10 rings (SSSR count). The van der Waals surface area contributed by atoms with Crippen LogP contribution in [0.2, 0.25) is 0 Å². The van der Waals surface area contributed by atoms with Gasteiger partial charge in [0.25, 0.3) is 5.56 Å². The van der Waals surface area contributed by atoms with Crippen molar-refractivity contribution in [3.05, 3.63) is 189 Å². The van der Waals surface area contributed by atoms with Crippen molar-refractivity contribution in [2.24, 2.45) is 0 Å². The topological polar surface area (TPSA) is 167 Å². The highest BCUT2D eigenvalue weighted by atomic mass is 19.1. The van der Waals surface area contributed by atoms with Crippen molar-refractivity contribution in [1.82, 2.24) is 29.5 Å². The van der Waals surface area contributed by atoms with Crippen molar-refractivity contribution < 1.29 is 9.18 Å². The summed E-state index contributed by atoms with van der Waals surface area (Å²) < 4.78 is 14.7. The van der Waals surface area contributed by atoms with Gasteiger partial charge in [-0.15, -0.1) is 0 Å². The number of aromatic nitrogens is 6. The van der Waals surface area contributed by atoms with Gasteiger partial charge in [0, 0.05) is 55.7 Å². The number of aromatic amines is 3. The number of carbonyl (C=O) groups excluding carboxylic acids is 1. The zero-order valence-corrected chi connectivity index (χ0v) is 32.8. The lowest BCUT2D eigenvalue weighted by molar-refractivity contribution is -0.116. The maximum atomic E-state index is 13.9. The summed E-state index contributed by atoms with van der Waals surface area (Å²) in [5, 5.41) is 2.76. The Labute approximate surface area is 352 Å². The van der Waals surface area contributed by atoms with Crippen molar-refractivity contribution >= 4 is 63.7 Å². The van der Waals surface area contributed by atoms with E-state index in [1.165, 1.54) is 0 Å². The Bertz CT molecular complexity index is 3420. The molecule has 0 aliphatic carbocycles. The molecule has 62 heavy (non-hydrogen) atoms. The largest absolute Gasteiger partial charge is 0.399 e. The number of nitrogens with two attached hydrogens (primary N) is 1. The normalized spacial score (nSPS) is 11.8. The Balaban J connectivity index is 1.21. The van der Waals surface area contributed by atoms with E-state index in [0.717, 1.165) is 88.2 Å². The van der Waals surface area contributed by atoms with Gasteiger partial charge in [0.15, 0.2) is 0 Å². The van der Waals surface area contributed by atoms with Crippen LogP contribution in [0.3, 0.4) is 0 Å². The summed E-state index contributed by atoms with van der Waals surface area (Å²) in [5.41, 5.74) is 18.9. The number of benzene rings is 4. The van der Waals surface area contributed by atoms with Gasteiger partial charge in [0.2, 0.25) is 11.7 Å². The van der Waals surface area contributed by atoms with E-state index in [9.17, 15) is 18.8 Å². The van der Waals surface area contributed by atoms with Crippen LogP contribution in [0.5, 0.6) is 0 Å². The summed E-state index contributed by atoms with van der Waals surface area (Å²) in [6.45, 7) is -0.502. The second kappa shape index (κ2) is 15.5. The first-order chi connectivity index (χ1) is 30.3. The van der Waals surface area contributed by atoms with Gasteiger partial charge in [0.05, 0.1) is 29.0 Å². The minimum absolute atomic E-state index is 0.444. The van der Waals surface area contributed by atoms with Crippen LogP contribution in [-0.4, -0.2) is 35.4 Å². The number of nitrogens with zero attached hydrogens (tertiary/aromatic N) is 3. The Morgan fingerprint density at radius 1 is 0.548 bits per heavy atom. The quantitative estimate of drug-likeness (QED) is 0.101. The Morgan fingerprint density at radius 2 is 0.952 bits per heavy atom. The van der Waals surface area contributed by atoms with Crippen molar-refractivity contribution in [3.8, 4) is 44.5 Å². The second-order valence-electron chi connectivity index (χ2n) is 14.8. The molecule has 8 aromatic rings. The van der Waals surface area contributed by atoms with Crippen LogP contribution in [0.4, 0.5) is 15.8 Å². The van der Waals surface area contributed by atoms with Gasteiger partial charge in [0.1, 0.15) is 6.54 Å². The number of carbonyl (C=O) groups is 1. The summed E-state index contributed by atoms with van der Waals surface area (Å²) in [6, 6.07) is 43.6. The van der Waals surface area contributed by atoms with Crippen LogP contribution in [0, 0.1) is 5.82 Å². The molecule has 6 N–H and O–H groups in total. The van der Waals surface area contributed by atoms with E-state index in [4.69, 9.17) is 15.7 Å². The lowest BCUT2D eigenvalue weighted by atomic mass is 10.0. The molecule has 0 unspecified atom stereocenters. The number of amides is 1. The number of hydrogen-bond donors (Lipinski definition) is 5. The van der Waals surface area contributed by atoms with Gasteiger partial charge in [-0.25, -0.2) is 14.8 Å². The minimum Gasteiger partial charge on any atom is -0.399 e. The van der Waals surface area contributed by atoms with Crippen molar-refractivity contribution in [2.75, 3.05) is 11.1 Å². The highest BCUT2D eigenvalue weighted by Crippen LogP contribution is 2.38. The predicted molar refractivity (Wildman–Crippen MR) is 245 cm³/mol. The van der Waals surface area contributed by atoms with E-state index in [1.54, 1.807) is 12.1 Å². The number of fused-ring (bicyclic) bond motifs is 8. The maximum Gasteiger partial charge on any atom is 0.328 e. The van der Waals surface area contributed by atoms with E-state index in [0.29, 0.717) is 23.3 Å². The highest BCUT2D eigenvalue weighted by molar-refractivity contribution is 6.00. The molecule has 0 radical (unpaired) electrons. The molecule has 0 saturated heterocycles. The highest BCUT2D eigenvalue weighted by Gasteiger charge is 2.19. The Hall–Kier alpha value is -8.64. The summed E-state index contributed by atoms with van der Waals surface area (Å²) in [6.07, 6.45) is 8.83. The Kier molecular flexibility index (Phi) is 9.41. The number of nitrogens with one attached hydrogen (secondary N) is 4. The molecule has 1 amide bonds. The standard InChI is InChI=1S/C50H35FN8O3/c51-35-27-59(50(62)58-49(35)61)28-44(60)53-34-17-13-32(14-18-34)48-42-24-22-39(56-42)46(30-9-5-2-6-10-30)37-20-19-36(54-37)45(29-7-3-1-4-8-29)38-21-23-40(55-38)47(41-25-26-43(48)57-41)31-11-15-33(52)16-12-31/h1-27,55-56H,28,52H2,(H,53,60)(H,58,61,62). The summed E-state index contributed by atoms with van der Waals surface area (Å²) in [5.74, 6) is -1.75. The molecule has 11 nitrogen and oxygen atoms in total. The van der Waals surface area contributed by atoms with E-state index in [-0.39, 0.29) is 0 Å². The molecule has 0 spiro atoms. The molecule has 12 heteroatoms. The SMILES string of the molecule is Nc1ccc(-c2c3nc(c(-c4ccc(NC(=O)Cn5cc(F)c(=O)[nH]c5=O)cc4)c4ccc([nH]4)c(-c4ccccc4)c4nc(c(-c5ccccc5)c5ccc2[nH]5)C=C4)C=C3)cc1. The molecular formula is C50H35FN8O3. The molecule has 4 aromatic heterocycles. The molecule has 300 valence electrons. The van der Waals surface area contributed by atoms with Crippen molar-refractivity contribution in [1.29, 1.82) is 0 Å². The number of hydrogen-bond acceptors (Lipinski definition) is 6. The number of nitrogen functional groups attached to an aromatic ring is 1. The van der Waals surface area contributed by atoms with Gasteiger partial charge < -0.3 is 21.0 Å². The minimum atomic E-state index is -1.17. The zero-order chi connectivity index (χ0) is 42.3. The smallest absolute Gasteiger partial charge is 0.328 e. The van der Waals surface area contributed by atoms with E-state index in [1.807, 2.05) is 96.0 Å². The number of H-pyrrole nitrogens is 3.